The summed E-state index contributed by atoms with van der Waals surface area (Å²) in [5.74, 6) is 0.101. The summed E-state index contributed by atoms with van der Waals surface area (Å²) in [6, 6.07) is 9.65. The van der Waals surface area contributed by atoms with E-state index in [0.29, 0.717) is 35.2 Å². The molecule has 1 spiro atoms. The van der Waals surface area contributed by atoms with E-state index < -0.39 is 6.36 Å². The Morgan fingerprint density at radius 3 is 2.50 bits per heavy atom. The molecule has 5 rings (SSSR count). The zero-order chi connectivity index (χ0) is 25.5. The van der Waals surface area contributed by atoms with Crippen molar-refractivity contribution in [1.82, 2.24) is 14.7 Å². The fourth-order valence-corrected chi connectivity index (χ4v) is 5.85. The Hall–Kier alpha value is -2.94. The van der Waals surface area contributed by atoms with E-state index in [2.05, 4.69) is 19.9 Å². The standard InChI is InChI=1S/C26H28ClF3N4O2/c1-2-21-23(34-16-18(27)3-8-22(34)32-21)24(35)31-15-17-13-25(14-17)9-11-33(12-10-25)19-4-6-20(7-5-19)36-26(28,29)30/h3-8,16-17H,2,9-15H2,1H3,(H,31,35). The molecule has 2 aromatic heterocycles. The molecule has 192 valence electrons. The van der Waals surface area contributed by atoms with Gasteiger partial charge >= 0.3 is 6.36 Å². The molecule has 0 atom stereocenters. The van der Waals surface area contributed by atoms with Crippen molar-refractivity contribution in [2.45, 2.75) is 45.4 Å². The number of pyridine rings is 1. The highest BCUT2D eigenvalue weighted by molar-refractivity contribution is 6.30. The topological polar surface area (TPSA) is 58.9 Å². The SMILES string of the molecule is CCc1nc2ccc(Cl)cn2c1C(=O)NCC1CC2(CCN(c3ccc(OC(F)(F)F)cc3)CC2)C1. The summed E-state index contributed by atoms with van der Waals surface area (Å²) in [4.78, 5) is 19.8. The molecule has 3 aromatic rings. The largest absolute Gasteiger partial charge is 0.573 e. The number of carbonyl (C=O) groups excluding carboxylic acids is 1. The fraction of sp³-hybridized carbons (Fsp3) is 0.462. The molecule has 1 saturated carbocycles. The second-order valence-electron chi connectivity index (χ2n) is 9.85. The predicted octanol–water partition coefficient (Wildman–Crippen LogP) is 5.88. The average molecular weight is 521 g/mol. The quantitative estimate of drug-likeness (QED) is 0.441. The van der Waals surface area contributed by atoms with Crippen LogP contribution >= 0.6 is 11.6 Å². The van der Waals surface area contributed by atoms with Gasteiger partial charge in [0.1, 0.15) is 17.1 Å². The molecule has 1 aliphatic heterocycles. The molecule has 36 heavy (non-hydrogen) atoms. The minimum atomic E-state index is -4.68. The Bertz CT molecular complexity index is 1240. The van der Waals surface area contributed by atoms with Crippen LogP contribution in [0.15, 0.2) is 42.6 Å². The Balaban J connectivity index is 1.12. The van der Waals surface area contributed by atoms with Gasteiger partial charge in [-0.2, -0.15) is 0 Å². The van der Waals surface area contributed by atoms with Crippen molar-refractivity contribution in [3.63, 3.8) is 0 Å². The number of piperidine rings is 1. The first-order chi connectivity index (χ1) is 17.1. The maximum atomic E-state index is 13.0. The number of nitrogens with zero attached hydrogens (tertiary/aromatic N) is 3. The minimum absolute atomic E-state index is 0.129. The van der Waals surface area contributed by atoms with Crippen LogP contribution in [0.1, 0.15) is 48.8 Å². The van der Waals surface area contributed by atoms with E-state index in [1.807, 2.05) is 13.0 Å². The highest BCUT2D eigenvalue weighted by Crippen LogP contribution is 2.52. The van der Waals surface area contributed by atoms with Crippen molar-refractivity contribution >= 4 is 28.8 Å². The number of ether oxygens (including phenoxy) is 1. The lowest BCUT2D eigenvalue weighted by Gasteiger charge is -2.52. The molecular weight excluding hydrogens is 493 g/mol. The van der Waals surface area contributed by atoms with Gasteiger partial charge in [0.2, 0.25) is 0 Å². The molecule has 0 unspecified atom stereocenters. The molecule has 2 aliphatic rings. The summed E-state index contributed by atoms with van der Waals surface area (Å²) in [6.45, 7) is 4.33. The number of benzene rings is 1. The smallest absolute Gasteiger partial charge is 0.406 e. The van der Waals surface area contributed by atoms with Gasteiger partial charge in [0.15, 0.2) is 0 Å². The van der Waals surface area contributed by atoms with Gasteiger partial charge in [-0.3, -0.25) is 9.20 Å². The van der Waals surface area contributed by atoms with E-state index >= 15 is 0 Å². The molecule has 0 bridgehead atoms. The Morgan fingerprint density at radius 1 is 1.17 bits per heavy atom. The van der Waals surface area contributed by atoms with E-state index in [4.69, 9.17) is 11.6 Å². The van der Waals surface area contributed by atoms with E-state index in [1.165, 1.54) is 12.1 Å². The van der Waals surface area contributed by atoms with E-state index in [0.717, 1.165) is 50.2 Å². The number of carbonyl (C=O) groups is 1. The van der Waals surface area contributed by atoms with Crippen LogP contribution in [-0.4, -0.2) is 41.3 Å². The second-order valence-corrected chi connectivity index (χ2v) is 10.3. The van der Waals surface area contributed by atoms with Crippen LogP contribution in [0, 0.1) is 11.3 Å². The van der Waals surface area contributed by atoms with Crippen LogP contribution in [0.25, 0.3) is 5.65 Å². The Morgan fingerprint density at radius 2 is 1.86 bits per heavy atom. The van der Waals surface area contributed by atoms with Crippen LogP contribution in [-0.2, 0) is 6.42 Å². The number of imidazole rings is 1. The van der Waals surface area contributed by atoms with Crippen molar-refractivity contribution < 1.29 is 22.7 Å². The van der Waals surface area contributed by atoms with Crippen molar-refractivity contribution in [3.8, 4) is 5.75 Å². The summed E-state index contributed by atoms with van der Waals surface area (Å²) >= 11 is 6.14. The van der Waals surface area contributed by atoms with E-state index in [-0.39, 0.29) is 17.1 Å². The third-order valence-corrected chi connectivity index (χ3v) is 7.68. The number of fused-ring (bicyclic) bond motifs is 1. The van der Waals surface area contributed by atoms with Crippen LogP contribution < -0.4 is 15.0 Å². The van der Waals surface area contributed by atoms with Crippen molar-refractivity contribution in [1.29, 1.82) is 0 Å². The van der Waals surface area contributed by atoms with Crippen LogP contribution in [0.2, 0.25) is 5.02 Å². The van der Waals surface area contributed by atoms with Crippen molar-refractivity contribution in [2.24, 2.45) is 11.3 Å². The van der Waals surface area contributed by atoms with Crippen molar-refractivity contribution in [2.75, 3.05) is 24.5 Å². The molecular formula is C26H28ClF3N4O2. The molecule has 1 saturated heterocycles. The number of amides is 1. The molecule has 6 nitrogen and oxygen atoms in total. The molecule has 1 N–H and O–H groups in total. The average Bonchev–Trinajstić information content (AvgIpc) is 3.19. The van der Waals surface area contributed by atoms with Crippen LogP contribution in [0.5, 0.6) is 5.75 Å². The first kappa shape index (κ1) is 24.7. The highest BCUT2D eigenvalue weighted by Gasteiger charge is 2.45. The molecule has 10 heteroatoms. The number of hydrogen-bond donors (Lipinski definition) is 1. The first-order valence-electron chi connectivity index (χ1n) is 12.2. The predicted molar refractivity (Wildman–Crippen MR) is 132 cm³/mol. The first-order valence-corrected chi connectivity index (χ1v) is 12.6. The Labute approximate surface area is 212 Å². The molecule has 0 radical (unpaired) electrons. The van der Waals surface area contributed by atoms with Gasteiger partial charge < -0.3 is 15.0 Å². The van der Waals surface area contributed by atoms with Gasteiger partial charge in [-0.25, -0.2) is 4.98 Å². The van der Waals surface area contributed by atoms with Gasteiger partial charge in [-0.05, 0) is 79.8 Å². The second kappa shape index (κ2) is 9.50. The van der Waals surface area contributed by atoms with E-state index in [9.17, 15) is 18.0 Å². The minimum Gasteiger partial charge on any atom is -0.406 e. The normalized spacial score (nSPS) is 17.9. The number of anilines is 1. The summed E-state index contributed by atoms with van der Waals surface area (Å²) in [5.41, 5.74) is 3.20. The maximum absolute atomic E-state index is 13.0. The van der Waals surface area contributed by atoms with E-state index in [1.54, 1.807) is 28.8 Å². The molecule has 1 amide bonds. The fourth-order valence-electron chi connectivity index (χ4n) is 5.69. The summed E-state index contributed by atoms with van der Waals surface area (Å²) in [6.07, 6.45) is 1.90. The number of halogens is 4. The lowest BCUT2D eigenvalue weighted by atomic mass is 9.57. The number of hydrogen-bond acceptors (Lipinski definition) is 4. The molecule has 1 aliphatic carbocycles. The maximum Gasteiger partial charge on any atom is 0.573 e. The highest BCUT2D eigenvalue weighted by atomic mass is 35.5. The molecule has 3 heterocycles. The van der Waals surface area contributed by atoms with Gasteiger partial charge in [-0.15, -0.1) is 13.2 Å². The zero-order valence-electron chi connectivity index (χ0n) is 19.9. The lowest BCUT2D eigenvalue weighted by Crippen LogP contribution is -2.49. The van der Waals surface area contributed by atoms with Gasteiger partial charge in [0, 0.05) is 31.5 Å². The van der Waals surface area contributed by atoms with Gasteiger partial charge in [-0.1, -0.05) is 18.5 Å². The van der Waals surface area contributed by atoms with Crippen molar-refractivity contribution in [3.05, 3.63) is 59.0 Å². The molecule has 1 aromatic carbocycles. The summed E-state index contributed by atoms with van der Waals surface area (Å²) in [7, 11) is 0. The monoisotopic (exact) mass is 520 g/mol. The summed E-state index contributed by atoms with van der Waals surface area (Å²) in [5, 5.41) is 3.66. The summed E-state index contributed by atoms with van der Waals surface area (Å²) < 4.78 is 42.8. The number of aromatic nitrogens is 2. The third-order valence-electron chi connectivity index (χ3n) is 7.46. The number of rotatable bonds is 6. The van der Waals surface area contributed by atoms with Gasteiger partial charge in [0.25, 0.3) is 5.91 Å². The lowest BCUT2D eigenvalue weighted by molar-refractivity contribution is -0.274. The third kappa shape index (κ3) is 5.12. The number of nitrogens with one attached hydrogen (secondary N) is 1. The number of alkyl halides is 3. The van der Waals surface area contributed by atoms with Crippen LogP contribution in [0.3, 0.4) is 0 Å². The Kier molecular flexibility index (Phi) is 6.53. The zero-order valence-corrected chi connectivity index (χ0v) is 20.7. The van der Waals surface area contributed by atoms with Crippen LogP contribution in [0.4, 0.5) is 18.9 Å². The molecule has 2 fully saturated rings. The number of aryl methyl sites for hydroxylation is 1. The van der Waals surface area contributed by atoms with Gasteiger partial charge in [0.05, 0.1) is 10.7 Å².